The summed E-state index contributed by atoms with van der Waals surface area (Å²) >= 11 is 0. The molecule has 3 aromatic rings. The van der Waals surface area contributed by atoms with E-state index in [4.69, 9.17) is 9.47 Å². The second-order valence-corrected chi connectivity index (χ2v) is 6.50. The van der Waals surface area contributed by atoms with Crippen molar-refractivity contribution in [2.75, 3.05) is 32.2 Å². The molecule has 0 spiro atoms. The molecule has 166 valence electrons. The van der Waals surface area contributed by atoms with E-state index < -0.39 is 0 Å². The van der Waals surface area contributed by atoms with Gasteiger partial charge >= 0.3 is 0 Å². The van der Waals surface area contributed by atoms with Crippen molar-refractivity contribution < 1.29 is 9.47 Å². The first-order valence-corrected chi connectivity index (χ1v) is 10.0. The summed E-state index contributed by atoms with van der Waals surface area (Å²) < 4.78 is 12.8. The Balaban J connectivity index is 0.00000341. The normalized spacial score (nSPS) is 11.0. The Kier molecular flexibility index (Phi) is 10.8. The SMILES string of the molecule is CCNC(=NCc1nncn1-c1ccccc1)Nc1cccc(OCCCOC)c1.I. The van der Waals surface area contributed by atoms with Crippen LogP contribution in [0.15, 0.2) is 65.9 Å². The fraction of sp³-hybridized carbons (Fsp3) is 0.318. The number of aromatic nitrogens is 3. The molecule has 2 N–H and O–H groups in total. The van der Waals surface area contributed by atoms with Gasteiger partial charge in [-0.15, -0.1) is 34.2 Å². The average molecular weight is 536 g/mol. The van der Waals surface area contributed by atoms with E-state index in [-0.39, 0.29) is 24.0 Å². The van der Waals surface area contributed by atoms with Crippen LogP contribution in [0.25, 0.3) is 5.69 Å². The molecule has 8 nitrogen and oxygen atoms in total. The number of rotatable bonds is 10. The molecule has 0 aliphatic heterocycles. The largest absolute Gasteiger partial charge is 0.493 e. The van der Waals surface area contributed by atoms with Crippen LogP contribution in [0.2, 0.25) is 0 Å². The quantitative estimate of drug-likeness (QED) is 0.177. The molecule has 0 unspecified atom stereocenters. The number of aliphatic imine (C=N–C) groups is 1. The molecule has 2 aromatic carbocycles. The molecule has 0 radical (unpaired) electrons. The van der Waals surface area contributed by atoms with E-state index in [0.29, 0.717) is 25.7 Å². The fourth-order valence-corrected chi connectivity index (χ4v) is 2.82. The van der Waals surface area contributed by atoms with Crippen LogP contribution in [0, 0.1) is 0 Å². The van der Waals surface area contributed by atoms with Gasteiger partial charge in [-0.25, -0.2) is 4.99 Å². The third kappa shape index (κ3) is 7.83. The first-order valence-electron chi connectivity index (χ1n) is 10.0. The highest BCUT2D eigenvalue weighted by Crippen LogP contribution is 2.17. The molecule has 0 fully saturated rings. The molecule has 0 aliphatic carbocycles. The van der Waals surface area contributed by atoms with Gasteiger partial charge in [0.25, 0.3) is 0 Å². The van der Waals surface area contributed by atoms with Crippen LogP contribution >= 0.6 is 24.0 Å². The van der Waals surface area contributed by atoms with Crippen molar-refractivity contribution in [2.24, 2.45) is 4.99 Å². The van der Waals surface area contributed by atoms with Gasteiger partial charge in [0.2, 0.25) is 0 Å². The zero-order chi connectivity index (χ0) is 21.0. The van der Waals surface area contributed by atoms with Crippen LogP contribution in [0.4, 0.5) is 5.69 Å². The second-order valence-electron chi connectivity index (χ2n) is 6.50. The number of anilines is 1. The van der Waals surface area contributed by atoms with Gasteiger partial charge in [-0.1, -0.05) is 24.3 Å². The number of benzene rings is 2. The van der Waals surface area contributed by atoms with Gasteiger partial charge in [0, 0.05) is 44.1 Å². The number of hydrogen-bond donors (Lipinski definition) is 2. The van der Waals surface area contributed by atoms with Gasteiger partial charge in [0.1, 0.15) is 18.6 Å². The lowest BCUT2D eigenvalue weighted by Crippen LogP contribution is -2.30. The number of guanidine groups is 1. The molecular weight excluding hydrogens is 507 g/mol. The lowest BCUT2D eigenvalue weighted by molar-refractivity contribution is 0.172. The predicted octanol–water partition coefficient (Wildman–Crippen LogP) is 3.88. The van der Waals surface area contributed by atoms with Crippen LogP contribution in [-0.4, -0.2) is 47.6 Å². The molecule has 9 heteroatoms. The molecule has 0 aliphatic rings. The molecule has 31 heavy (non-hydrogen) atoms. The second kappa shape index (κ2) is 13.6. The highest BCUT2D eigenvalue weighted by Gasteiger charge is 2.07. The maximum absolute atomic E-state index is 5.77. The van der Waals surface area contributed by atoms with Crippen LogP contribution in [0.3, 0.4) is 0 Å². The summed E-state index contributed by atoms with van der Waals surface area (Å²) in [4.78, 5) is 4.67. The Morgan fingerprint density at radius 3 is 2.71 bits per heavy atom. The number of hydrogen-bond acceptors (Lipinski definition) is 5. The molecule has 0 saturated carbocycles. The summed E-state index contributed by atoms with van der Waals surface area (Å²) in [6.45, 7) is 4.45. The molecule has 0 saturated heterocycles. The number of para-hydroxylation sites is 1. The van der Waals surface area contributed by atoms with Gasteiger partial charge in [-0.05, 0) is 31.2 Å². The summed E-state index contributed by atoms with van der Waals surface area (Å²) in [5, 5.41) is 14.8. The monoisotopic (exact) mass is 536 g/mol. The van der Waals surface area contributed by atoms with Crippen molar-refractivity contribution in [1.29, 1.82) is 0 Å². The highest BCUT2D eigenvalue weighted by atomic mass is 127. The zero-order valence-electron chi connectivity index (χ0n) is 17.8. The number of ether oxygens (including phenoxy) is 2. The van der Waals surface area contributed by atoms with Crippen LogP contribution < -0.4 is 15.4 Å². The Labute approximate surface area is 200 Å². The van der Waals surface area contributed by atoms with Crippen molar-refractivity contribution in [2.45, 2.75) is 19.9 Å². The first kappa shape index (κ1) is 24.6. The molecule has 3 rings (SSSR count). The lowest BCUT2D eigenvalue weighted by atomic mass is 10.3. The smallest absolute Gasteiger partial charge is 0.196 e. The van der Waals surface area contributed by atoms with Gasteiger partial charge < -0.3 is 20.1 Å². The molecule has 0 amide bonds. The fourth-order valence-electron chi connectivity index (χ4n) is 2.82. The topological polar surface area (TPSA) is 85.6 Å². The average Bonchev–Trinajstić information content (AvgIpc) is 3.25. The number of methoxy groups -OCH3 is 1. The number of nitrogens with one attached hydrogen (secondary N) is 2. The molecule has 1 heterocycles. The first-order chi connectivity index (χ1) is 14.8. The highest BCUT2D eigenvalue weighted by molar-refractivity contribution is 14.0. The van der Waals surface area contributed by atoms with Crippen LogP contribution in [-0.2, 0) is 11.3 Å². The van der Waals surface area contributed by atoms with Gasteiger partial charge in [-0.3, -0.25) is 4.57 Å². The van der Waals surface area contributed by atoms with Gasteiger partial charge in [-0.2, -0.15) is 0 Å². The summed E-state index contributed by atoms with van der Waals surface area (Å²) in [5.74, 6) is 2.22. The standard InChI is InChI=1S/C22H28N6O2.HI/c1-3-23-22(26-18-9-7-12-20(15-18)30-14-8-13-29-2)24-16-21-27-25-17-28(21)19-10-5-4-6-11-19;/h4-7,9-12,15,17H,3,8,13-14,16H2,1-2H3,(H2,23,24,26);1H. The Bertz CT molecular complexity index is 933. The Hall–Kier alpha value is -2.66. The summed E-state index contributed by atoms with van der Waals surface area (Å²) in [7, 11) is 1.69. The van der Waals surface area contributed by atoms with Gasteiger partial charge in [0.05, 0.1) is 6.61 Å². The number of nitrogens with zero attached hydrogens (tertiary/aromatic N) is 4. The maximum atomic E-state index is 5.77. The lowest BCUT2D eigenvalue weighted by Gasteiger charge is -2.13. The van der Waals surface area contributed by atoms with Crippen molar-refractivity contribution in [3.05, 3.63) is 66.7 Å². The van der Waals surface area contributed by atoms with E-state index >= 15 is 0 Å². The van der Waals surface area contributed by atoms with Crippen LogP contribution in [0.1, 0.15) is 19.2 Å². The maximum Gasteiger partial charge on any atom is 0.196 e. The van der Waals surface area contributed by atoms with Crippen molar-refractivity contribution in [3.63, 3.8) is 0 Å². The summed E-state index contributed by atoms with van der Waals surface area (Å²) in [5.41, 5.74) is 1.90. The van der Waals surface area contributed by atoms with E-state index in [2.05, 4.69) is 25.8 Å². The van der Waals surface area contributed by atoms with E-state index in [0.717, 1.165) is 35.9 Å². The Morgan fingerprint density at radius 1 is 1.10 bits per heavy atom. The molecular formula is C22H29IN6O2. The summed E-state index contributed by atoms with van der Waals surface area (Å²) in [6, 6.07) is 17.8. The van der Waals surface area contributed by atoms with E-state index in [1.165, 1.54) is 0 Å². The summed E-state index contributed by atoms with van der Waals surface area (Å²) in [6.07, 6.45) is 2.55. The minimum Gasteiger partial charge on any atom is -0.493 e. The van der Waals surface area contributed by atoms with Crippen molar-refractivity contribution >= 4 is 35.6 Å². The van der Waals surface area contributed by atoms with E-state index in [1.54, 1.807) is 13.4 Å². The van der Waals surface area contributed by atoms with Crippen molar-refractivity contribution in [3.8, 4) is 11.4 Å². The minimum absolute atomic E-state index is 0. The van der Waals surface area contributed by atoms with E-state index in [1.807, 2.05) is 66.1 Å². The van der Waals surface area contributed by atoms with Gasteiger partial charge in [0.15, 0.2) is 11.8 Å². The zero-order valence-corrected chi connectivity index (χ0v) is 20.2. The van der Waals surface area contributed by atoms with Crippen molar-refractivity contribution in [1.82, 2.24) is 20.1 Å². The third-order valence-corrected chi connectivity index (χ3v) is 4.23. The minimum atomic E-state index is 0. The van der Waals surface area contributed by atoms with Crippen LogP contribution in [0.5, 0.6) is 5.75 Å². The number of halogens is 1. The third-order valence-electron chi connectivity index (χ3n) is 4.23. The predicted molar refractivity (Wildman–Crippen MR) is 134 cm³/mol. The van der Waals surface area contributed by atoms with E-state index in [9.17, 15) is 0 Å². The Morgan fingerprint density at radius 2 is 1.94 bits per heavy atom. The molecule has 1 aromatic heterocycles. The molecule has 0 bridgehead atoms. The molecule has 0 atom stereocenters.